The molecule has 0 bridgehead atoms. The molecule has 6 heteroatoms. The first-order chi connectivity index (χ1) is 8.75. The normalized spacial score (nSPS) is 16.7. The second-order valence-electron chi connectivity index (χ2n) is 4.97. The van der Waals surface area contributed by atoms with Gasteiger partial charge in [-0.1, -0.05) is 31.5 Å². The molecule has 1 saturated carbocycles. The van der Waals surface area contributed by atoms with Crippen LogP contribution in [0.4, 0.5) is 0 Å². The molecular weight excluding hydrogens is 246 g/mol. The number of aromatic nitrogens is 4. The minimum Gasteiger partial charge on any atom is -0.377 e. The number of thiocarbonyl (C=S) groups is 1. The fourth-order valence-electron chi connectivity index (χ4n) is 2.41. The Morgan fingerprint density at radius 1 is 1.39 bits per heavy atom. The van der Waals surface area contributed by atoms with E-state index in [2.05, 4.69) is 20.8 Å². The van der Waals surface area contributed by atoms with Crippen LogP contribution in [0.5, 0.6) is 0 Å². The first-order valence-electron chi connectivity index (χ1n) is 6.76. The molecule has 5 nitrogen and oxygen atoms in total. The third kappa shape index (κ3) is 4.01. The zero-order valence-electron chi connectivity index (χ0n) is 10.9. The lowest BCUT2D eigenvalue weighted by Crippen LogP contribution is -2.35. The number of hydrogen-bond acceptors (Lipinski definition) is 4. The summed E-state index contributed by atoms with van der Waals surface area (Å²) in [7, 11) is 1.87. The molecule has 0 radical (unpaired) electrons. The van der Waals surface area contributed by atoms with Gasteiger partial charge in [-0.2, -0.15) is 0 Å². The van der Waals surface area contributed by atoms with Gasteiger partial charge in [-0.3, -0.25) is 0 Å². The molecule has 0 aromatic carbocycles. The topological polar surface area (TPSA) is 55.6 Å². The molecule has 2 rings (SSSR count). The van der Waals surface area contributed by atoms with E-state index < -0.39 is 0 Å². The fraction of sp³-hybridized carbons (Fsp3) is 0.833. The Balaban J connectivity index is 1.64. The Bertz CT molecular complexity index is 384. The number of nitrogens with zero attached hydrogens (tertiary/aromatic N) is 4. The van der Waals surface area contributed by atoms with Gasteiger partial charge in [0.25, 0.3) is 0 Å². The minimum atomic E-state index is 0.614. The molecule has 1 aliphatic carbocycles. The van der Waals surface area contributed by atoms with Gasteiger partial charge in [-0.05, 0) is 36.1 Å². The number of hydrogen-bond donors (Lipinski definition) is 1. The van der Waals surface area contributed by atoms with Crippen LogP contribution < -0.4 is 5.32 Å². The van der Waals surface area contributed by atoms with Crippen molar-refractivity contribution in [1.29, 1.82) is 0 Å². The molecular formula is C12H21N5S. The van der Waals surface area contributed by atoms with Gasteiger partial charge in [0.1, 0.15) is 0 Å². The first-order valence-corrected chi connectivity index (χ1v) is 7.17. The maximum atomic E-state index is 5.39. The van der Waals surface area contributed by atoms with E-state index in [1.807, 2.05) is 7.05 Å². The number of tetrazole rings is 1. The van der Waals surface area contributed by atoms with Crippen molar-refractivity contribution in [2.75, 3.05) is 0 Å². The standard InChI is InChI=1S/C12H21N5S/c1-17-11(14-15-16-17)8-5-9-12(18)13-10-6-3-2-4-7-10/h10H,2-9H2,1H3,(H,13,18). The summed E-state index contributed by atoms with van der Waals surface area (Å²) in [6, 6.07) is 0.614. The van der Waals surface area contributed by atoms with Gasteiger partial charge in [0.05, 0.1) is 4.99 Å². The largest absolute Gasteiger partial charge is 0.377 e. The SMILES string of the molecule is Cn1nnnc1CCCC(=S)NC1CCCCC1. The molecule has 1 N–H and O–H groups in total. The Labute approximate surface area is 113 Å². The van der Waals surface area contributed by atoms with Crippen molar-refractivity contribution in [3.8, 4) is 0 Å². The monoisotopic (exact) mass is 267 g/mol. The van der Waals surface area contributed by atoms with Gasteiger partial charge >= 0.3 is 0 Å². The highest BCUT2D eigenvalue weighted by molar-refractivity contribution is 7.80. The van der Waals surface area contributed by atoms with Crippen LogP contribution in [0.3, 0.4) is 0 Å². The zero-order chi connectivity index (χ0) is 12.8. The van der Waals surface area contributed by atoms with Gasteiger partial charge in [0.15, 0.2) is 5.82 Å². The quantitative estimate of drug-likeness (QED) is 0.824. The molecule has 1 aliphatic rings. The van der Waals surface area contributed by atoms with Gasteiger partial charge < -0.3 is 5.32 Å². The van der Waals surface area contributed by atoms with E-state index in [-0.39, 0.29) is 0 Å². The highest BCUT2D eigenvalue weighted by Gasteiger charge is 2.13. The van der Waals surface area contributed by atoms with Crippen LogP contribution in [0.15, 0.2) is 0 Å². The van der Waals surface area contributed by atoms with Crippen LogP contribution in [0.25, 0.3) is 0 Å². The lowest BCUT2D eigenvalue weighted by molar-refractivity contribution is 0.413. The molecule has 0 unspecified atom stereocenters. The van der Waals surface area contributed by atoms with Crippen LogP contribution in [-0.2, 0) is 13.5 Å². The molecule has 0 aliphatic heterocycles. The number of nitrogens with one attached hydrogen (secondary N) is 1. The summed E-state index contributed by atoms with van der Waals surface area (Å²) >= 11 is 5.39. The molecule has 0 atom stereocenters. The van der Waals surface area contributed by atoms with E-state index in [0.29, 0.717) is 6.04 Å². The van der Waals surface area contributed by atoms with Crippen LogP contribution in [0.1, 0.15) is 50.8 Å². The molecule has 18 heavy (non-hydrogen) atoms. The second-order valence-corrected chi connectivity index (χ2v) is 5.47. The molecule has 100 valence electrons. The van der Waals surface area contributed by atoms with Crippen LogP contribution in [0, 0.1) is 0 Å². The molecule has 1 heterocycles. The van der Waals surface area contributed by atoms with E-state index >= 15 is 0 Å². The van der Waals surface area contributed by atoms with Crippen molar-refractivity contribution in [2.24, 2.45) is 7.05 Å². The maximum absolute atomic E-state index is 5.39. The smallest absolute Gasteiger partial charge is 0.150 e. The summed E-state index contributed by atoms with van der Waals surface area (Å²) < 4.78 is 1.72. The summed E-state index contributed by atoms with van der Waals surface area (Å²) in [6.07, 6.45) is 9.42. The van der Waals surface area contributed by atoms with E-state index in [0.717, 1.165) is 30.1 Å². The highest BCUT2D eigenvalue weighted by Crippen LogP contribution is 2.17. The highest BCUT2D eigenvalue weighted by atomic mass is 32.1. The fourth-order valence-corrected chi connectivity index (χ4v) is 2.72. The Morgan fingerprint density at radius 3 is 2.83 bits per heavy atom. The summed E-state index contributed by atoms with van der Waals surface area (Å²) in [5.74, 6) is 0.926. The van der Waals surface area contributed by atoms with Gasteiger partial charge in [0, 0.05) is 19.5 Å². The summed E-state index contributed by atoms with van der Waals surface area (Å²) in [5.41, 5.74) is 0. The third-order valence-corrected chi connectivity index (χ3v) is 3.80. The molecule has 0 spiro atoms. The lowest BCUT2D eigenvalue weighted by atomic mass is 9.95. The van der Waals surface area contributed by atoms with Crippen LogP contribution >= 0.6 is 12.2 Å². The summed E-state index contributed by atoms with van der Waals surface area (Å²) in [4.78, 5) is 0.997. The van der Waals surface area contributed by atoms with E-state index in [4.69, 9.17) is 12.2 Å². The third-order valence-electron chi connectivity index (χ3n) is 3.48. The molecule has 1 aromatic rings. The van der Waals surface area contributed by atoms with Crippen LogP contribution in [0.2, 0.25) is 0 Å². The zero-order valence-corrected chi connectivity index (χ0v) is 11.7. The Kier molecular flexibility index (Phi) is 5.04. The van der Waals surface area contributed by atoms with Crippen LogP contribution in [-0.4, -0.2) is 31.2 Å². The predicted octanol–water partition coefficient (Wildman–Crippen LogP) is 1.78. The van der Waals surface area contributed by atoms with Crippen molar-refractivity contribution in [1.82, 2.24) is 25.5 Å². The Hall–Kier alpha value is -1.04. The average molecular weight is 267 g/mol. The van der Waals surface area contributed by atoms with Crippen molar-refractivity contribution in [3.05, 3.63) is 5.82 Å². The predicted molar refractivity (Wildman–Crippen MR) is 74.3 cm³/mol. The van der Waals surface area contributed by atoms with Gasteiger partial charge in [0.2, 0.25) is 0 Å². The molecule has 1 fully saturated rings. The van der Waals surface area contributed by atoms with Crippen molar-refractivity contribution in [3.63, 3.8) is 0 Å². The number of rotatable bonds is 5. The van der Waals surface area contributed by atoms with E-state index in [9.17, 15) is 0 Å². The average Bonchev–Trinajstić information content (AvgIpc) is 2.76. The van der Waals surface area contributed by atoms with E-state index in [1.54, 1.807) is 4.68 Å². The van der Waals surface area contributed by atoms with Crippen molar-refractivity contribution in [2.45, 2.75) is 57.4 Å². The minimum absolute atomic E-state index is 0.614. The maximum Gasteiger partial charge on any atom is 0.150 e. The molecule has 1 aromatic heterocycles. The first kappa shape index (κ1) is 13.4. The van der Waals surface area contributed by atoms with Gasteiger partial charge in [-0.25, -0.2) is 4.68 Å². The van der Waals surface area contributed by atoms with Gasteiger partial charge in [-0.15, -0.1) is 5.10 Å². The van der Waals surface area contributed by atoms with E-state index in [1.165, 1.54) is 32.1 Å². The lowest BCUT2D eigenvalue weighted by Gasteiger charge is -2.24. The summed E-state index contributed by atoms with van der Waals surface area (Å²) in [5, 5.41) is 14.9. The second kappa shape index (κ2) is 6.78. The van der Waals surface area contributed by atoms with Crippen molar-refractivity contribution < 1.29 is 0 Å². The summed E-state index contributed by atoms with van der Waals surface area (Å²) in [6.45, 7) is 0. The Morgan fingerprint density at radius 2 is 2.17 bits per heavy atom. The number of aryl methyl sites for hydroxylation is 2. The molecule has 0 amide bonds. The molecule has 0 saturated heterocycles. The van der Waals surface area contributed by atoms with Crippen molar-refractivity contribution >= 4 is 17.2 Å².